The quantitative estimate of drug-likeness (QED) is 0.0215. The van der Waals surface area contributed by atoms with Crippen molar-refractivity contribution in [2.24, 2.45) is 22.2 Å². The molecule has 20 nitrogen and oxygen atoms in total. The van der Waals surface area contributed by atoms with Crippen LogP contribution >= 0.6 is 0 Å². The smallest absolute Gasteiger partial charge is 0.305 e. The summed E-state index contributed by atoms with van der Waals surface area (Å²) >= 11 is 0. The SMILES string of the molecule is NC(N)=NCCC[C@H](N)C(=O)NCC(=O)N[C@@H](CC(=O)O)C(=O)N[C@@H](CO)C(=O)N[C@H]1[C@H](OCc2ccccc2)O[C@H](COCc2ccccc2)[C@@H](OCc2ccccc2)[C@@H]1OCc1ccccc1. The third-order valence-corrected chi connectivity index (χ3v) is 10.8. The lowest BCUT2D eigenvalue weighted by atomic mass is 9.95. The number of hydrogen-bond donors (Lipinski definition) is 9. The van der Waals surface area contributed by atoms with Crippen LogP contribution in [0, 0.1) is 0 Å². The number of carbonyl (C=O) groups excluding carboxylic acids is 4. The predicted molar refractivity (Wildman–Crippen MR) is 252 cm³/mol. The molecule has 4 aromatic rings. The highest BCUT2D eigenvalue weighted by atomic mass is 16.7. The second-order valence-corrected chi connectivity index (χ2v) is 16.1. The van der Waals surface area contributed by atoms with Crippen LogP contribution in [0.15, 0.2) is 126 Å². The predicted octanol–water partition coefficient (Wildman–Crippen LogP) is 0.734. The Labute approximate surface area is 400 Å². The number of nitrogens with zero attached hydrogens (tertiary/aromatic N) is 1. The van der Waals surface area contributed by atoms with E-state index in [0.717, 1.165) is 22.3 Å². The summed E-state index contributed by atoms with van der Waals surface area (Å²) in [6.07, 6.45) is -4.33. The van der Waals surface area contributed by atoms with Crippen molar-refractivity contribution >= 4 is 35.6 Å². The van der Waals surface area contributed by atoms with Crippen molar-refractivity contribution < 1.29 is 57.9 Å². The number of hydrogen-bond acceptors (Lipinski definition) is 13. The summed E-state index contributed by atoms with van der Waals surface area (Å²) < 4.78 is 32.7. The van der Waals surface area contributed by atoms with Gasteiger partial charge < -0.3 is 72.4 Å². The van der Waals surface area contributed by atoms with Crippen molar-refractivity contribution in [1.82, 2.24) is 21.3 Å². The van der Waals surface area contributed by atoms with Gasteiger partial charge in [-0.2, -0.15) is 0 Å². The van der Waals surface area contributed by atoms with Crippen LogP contribution in [-0.2, 0) is 74.1 Å². The van der Waals surface area contributed by atoms with Crippen molar-refractivity contribution in [2.75, 3.05) is 26.3 Å². The van der Waals surface area contributed by atoms with E-state index in [2.05, 4.69) is 26.3 Å². The molecule has 4 amide bonds. The lowest BCUT2D eigenvalue weighted by Crippen LogP contribution is -2.68. The summed E-state index contributed by atoms with van der Waals surface area (Å²) in [6.45, 7) is -0.876. The lowest BCUT2D eigenvalue weighted by molar-refractivity contribution is -0.293. The van der Waals surface area contributed by atoms with Gasteiger partial charge in [-0.1, -0.05) is 121 Å². The van der Waals surface area contributed by atoms with Gasteiger partial charge >= 0.3 is 5.97 Å². The highest BCUT2D eigenvalue weighted by Crippen LogP contribution is 2.30. The van der Waals surface area contributed by atoms with E-state index in [0.29, 0.717) is 6.42 Å². The first kappa shape index (κ1) is 53.2. The summed E-state index contributed by atoms with van der Waals surface area (Å²) in [5.74, 6) is -5.24. The summed E-state index contributed by atoms with van der Waals surface area (Å²) in [7, 11) is 0. The van der Waals surface area contributed by atoms with E-state index in [9.17, 15) is 34.2 Å². The molecule has 4 aromatic carbocycles. The minimum Gasteiger partial charge on any atom is -0.481 e. The average molecular weight is 955 g/mol. The average Bonchev–Trinajstić information content (AvgIpc) is 3.35. The molecule has 69 heavy (non-hydrogen) atoms. The minimum absolute atomic E-state index is 0.0224. The Bertz CT molecular complexity index is 2230. The van der Waals surface area contributed by atoms with Gasteiger partial charge in [0.1, 0.15) is 36.4 Å². The number of aliphatic imine (C=N–C) groups is 1. The van der Waals surface area contributed by atoms with E-state index in [1.54, 1.807) is 0 Å². The Hall–Kier alpha value is -6.78. The van der Waals surface area contributed by atoms with Gasteiger partial charge in [-0.15, -0.1) is 0 Å². The third kappa shape index (κ3) is 18.3. The summed E-state index contributed by atoms with van der Waals surface area (Å²) in [4.78, 5) is 69.1. The number of amides is 4. The zero-order valence-corrected chi connectivity index (χ0v) is 38.1. The van der Waals surface area contributed by atoms with Gasteiger partial charge in [-0.3, -0.25) is 29.0 Å². The Morgan fingerprint density at radius 1 is 0.667 bits per heavy atom. The number of carboxylic acid groups (broad SMARTS) is 1. The Morgan fingerprint density at radius 2 is 1.19 bits per heavy atom. The molecule has 1 fully saturated rings. The van der Waals surface area contributed by atoms with Crippen LogP contribution < -0.4 is 38.5 Å². The monoisotopic (exact) mass is 954 g/mol. The number of carboxylic acids is 1. The number of carbonyl (C=O) groups is 5. The van der Waals surface area contributed by atoms with Gasteiger partial charge in [0.15, 0.2) is 12.2 Å². The normalized spacial score (nSPS) is 19.0. The number of benzene rings is 4. The van der Waals surface area contributed by atoms with Crippen LogP contribution in [0.25, 0.3) is 0 Å². The number of nitrogens with two attached hydrogens (primary N) is 3. The van der Waals surface area contributed by atoms with Gasteiger partial charge in [-0.25, -0.2) is 0 Å². The number of guanidine groups is 1. The number of aliphatic carboxylic acids is 1. The fraction of sp³-hybridized carbons (Fsp3) is 0.388. The van der Waals surface area contributed by atoms with Gasteiger partial charge in [0.2, 0.25) is 23.6 Å². The fourth-order valence-corrected chi connectivity index (χ4v) is 7.20. The van der Waals surface area contributed by atoms with E-state index >= 15 is 0 Å². The molecule has 0 bridgehead atoms. The molecule has 0 aliphatic carbocycles. The van der Waals surface area contributed by atoms with Crippen LogP contribution in [0.5, 0.6) is 0 Å². The van der Waals surface area contributed by atoms with Crippen LogP contribution in [0.2, 0.25) is 0 Å². The van der Waals surface area contributed by atoms with Crippen LogP contribution in [0.3, 0.4) is 0 Å². The van der Waals surface area contributed by atoms with E-state index in [1.807, 2.05) is 121 Å². The zero-order chi connectivity index (χ0) is 49.4. The van der Waals surface area contributed by atoms with E-state index in [1.165, 1.54) is 0 Å². The molecule has 0 radical (unpaired) electrons. The summed E-state index contributed by atoms with van der Waals surface area (Å²) in [5.41, 5.74) is 19.9. The van der Waals surface area contributed by atoms with Crippen molar-refractivity contribution in [2.45, 2.75) is 94.5 Å². The number of aliphatic hydroxyl groups excluding tert-OH is 1. The second kappa shape index (κ2) is 28.5. The number of rotatable bonds is 28. The Kier molecular flexibility index (Phi) is 22.0. The molecule has 370 valence electrons. The number of aliphatic hydroxyl groups is 1. The molecule has 0 saturated carbocycles. The van der Waals surface area contributed by atoms with Gasteiger partial charge in [-0.05, 0) is 35.1 Å². The standard InChI is InChI=1S/C49H62N8O12/c50-36(22-13-23-53-49(51)52)45(62)54-25-40(59)55-37(24-41(60)61)46(63)56-38(26-58)47(64)57-42-44(67-29-34-18-9-3-10-19-34)43(66-28-33-16-7-2-8-17-33)39(31-65-27-32-14-5-1-6-15-32)69-48(42)68-30-35-20-11-4-12-21-35/h1-12,14-21,36-39,42-44,48,58H,13,22-31,50H2,(H,54,62)(H,55,59)(H,56,63)(H,57,64)(H,60,61)(H4,51,52,53)/t36-,37-,38-,39+,42+,43+,44+,48+/m0/s1. The molecule has 8 atom stereocenters. The molecular formula is C49H62N8O12. The Morgan fingerprint density at radius 3 is 1.71 bits per heavy atom. The molecule has 0 unspecified atom stereocenters. The summed E-state index contributed by atoms with van der Waals surface area (Å²) in [5, 5.41) is 30.1. The van der Waals surface area contributed by atoms with Crippen molar-refractivity contribution in [3.8, 4) is 0 Å². The molecule has 1 aliphatic rings. The maximum Gasteiger partial charge on any atom is 0.305 e. The summed E-state index contributed by atoms with van der Waals surface area (Å²) in [6, 6.07) is 32.0. The van der Waals surface area contributed by atoms with Crippen molar-refractivity contribution in [1.29, 1.82) is 0 Å². The minimum atomic E-state index is -1.74. The first-order chi connectivity index (χ1) is 33.4. The molecular weight excluding hydrogens is 893 g/mol. The first-order valence-electron chi connectivity index (χ1n) is 22.4. The third-order valence-electron chi connectivity index (χ3n) is 10.8. The molecule has 1 saturated heterocycles. The zero-order valence-electron chi connectivity index (χ0n) is 38.1. The maximum atomic E-state index is 14.3. The second-order valence-electron chi connectivity index (χ2n) is 16.1. The molecule has 12 N–H and O–H groups in total. The van der Waals surface area contributed by atoms with E-state index in [4.69, 9.17) is 40.9 Å². The van der Waals surface area contributed by atoms with Crippen LogP contribution in [0.4, 0.5) is 0 Å². The molecule has 1 heterocycles. The van der Waals surface area contributed by atoms with Crippen molar-refractivity contribution in [3.05, 3.63) is 144 Å². The molecule has 20 heteroatoms. The van der Waals surface area contributed by atoms with Crippen LogP contribution in [0.1, 0.15) is 41.5 Å². The van der Waals surface area contributed by atoms with Gasteiger partial charge in [0, 0.05) is 6.54 Å². The highest BCUT2D eigenvalue weighted by molar-refractivity contribution is 5.95. The fourth-order valence-electron chi connectivity index (χ4n) is 7.20. The maximum absolute atomic E-state index is 14.3. The Balaban J connectivity index is 1.38. The number of nitrogens with one attached hydrogen (secondary N) is 4. The lowest BCUT2D eigenvalue weighted by Gasteiger charge is -2.46. The van der Waals surface area contributed by atoms with Crippen molar-refractivity contribution in [3.63, 3.8) is 0 Å². The largest absolute Gasteiger partial charge is 0.481 e. The highest BCUT2D eigenvalue weighted by Gasteiger charge is 2.49. The molecule has 1 aliphatic heterocycles. The van der Waals surface area contributed by atoms with Crippen LogP contribution in [-0.4, -0.2) is 121 Å². The molecule has 0 spiro atoms. The first-order valence-corrected chi connectivity index (χ1v) is 22.4. The molecule has 0 aromatic heterocycles. The van der Waals surface area contributed by atoms with E-state index in [-0.39, 0.29) is 52.0 Å². The van der Waals surface area contributed by atoms with E-state index < -0.39 is 97.9 Å². The van der Waals surface area contributed by atoms with Gasteiger partial charge in [0.25, 0.3) is 0 Å². The topological polar surface area (TPSA) is 311 Å². The molecule has 5 rings (SSSR count). The van der Waals surface area contributed by atoms with Gasteiger partial charge in [0.05, 0.1) is 58.6 Å². The number of ether oxygens (including phenoxy) is 5.